The topological polar surface area (TPSA) is 66.8 Å². The lowest BCUT2D eigenvalue weighted by atomic mass is 10.4. The summed E-state index contributed by atoms with van der Waals surface area (Å²) in [7, 11) is -0.515. The van der Waals surface area contributed by atoms with Crippen LogP contribution < -0.4 is 0 Å². The van der Waals surface area contributed by atoms with Crippen LogP contribution in [0.1, 0.15) is 0 Å². The zero-order valence-electron chi connectivity index (χ0n) is 4.15. The monoisotopic (exact) mass is 138 g/mol. The van der Waals surface area contributed by atoms with Crippen molar-refractivity contribution in [2.75, 3.05) is 13.2 Å². The molecular formula is C3H7O4P. The second-order valence-electron chi connectivity index (χ2n) is 1.17. The van der Waals surface area contributed by atoms with Crippen molar-refractivity contribution in [3.63, 3.8) is 0 Å². The Balaban J connectivity index is 3.20. The molecule has 0 bridgehead atoms. The Bertz CT molecular complexity index is 62.3. The van der Waals surface area contributed by atoms with Crippen LogP contribution in [0.15, 0.2) is 0 Å². The van der Waals surface area contributed by atoms with E-state index in [9.17, 15) is 4.57 Å². The van der Waals surface area contributed by atoms with Crippen LogP contribution in [0.25, 0.3) is 0 Å². The van der Waals surface area contributed by atoms with Crippen LogP contribution in [0.3, 0.4) is 0 Å². The van der Waals surface area contributed by atoms with Crippen molar-refractivity contribution in [2.45, 2.75) is 6.10 Å². The molecule has 0 amide bonds. The first kappa shape index (κ1) is 7.98. The van der Waals surface area contributed by atoms with Gasteiger partial charge >= 0.3 is 8.69 Å². The number of rotatable bonds is 4. The Morgan fingerprint density at radius 3 is 2.12 bits per heavy atom. The smallest absolute Gasteiger partial charge is 0.327 e. The van der Waals surface area contributed by atoms with E-state index in [2.05, 4.69) is 4.52 Å². The number of aliphatic hydroxyl groups is 2. The highest BCUT2D eigenvalue weighted by atomic mass is 31.1. The van der Waals surface area contributed by atoms with E-state index in [1.54, 1.807) is 0 Å². The molecule has 0 aliphatic carbocycles. The molecule has 48 valence electrons. The third-order valence-corrected chi connectivity index (χ3v) is 0.984. The van der Waals surface area contributed by atoms with Gasteiger partial charge in [0, 0.05) is 0 Å². The molecule has 4 nitrogen and oxygen atoms in total. The molecule has 0 fully saturated rings. The van der Waals surface area contributed by atoms with E-state index in [-0.39, 0.29) is 13.2 Å². The van der Waals surface area contributed by atoms with E-state index in [1.807, 2.05) is 0 Å². The Morgan fingerprint density at radius 1 is 1.50 bits per heavy atom. The van der Waals surface area contributed by atoms with Gasteiger partial charge in [0.15, 0.2) is 0 Å². The standard InChI is InChI=1S/C3H7O4P/c4-1-3(2-5)7-8-6/h3-5H,1-2H2. The fraction of sp³-hybridized carbons (Fsp3) is 1.00. The van der Waals surface area contributed by atoms with Crippen LogP contribution >= 0.6 is 8.69 Å². The van der Waals surface area contributed by atoms with E-state index >= 15 is 0 Å². The maximum Gasteiger partial charge on any atom is 0.327 e. The Labute approximate surface area is 48.4 Å². The maximum atomic E-state index is 9.59. The second kappa shape index (κ2) is 5.12. The van der Waals surface area contributed by atoms with Crippen LogP contribution in [0.2, 0.25) is 0 Å². The summed E-state index contributed by atoms with van der Waals surface area (Å²) in [6, 6.07) is 0. The fourth-order valence-corrected chi connectivity index (χ4v) is 0.440. The average molecular weight is 138 g/mol. The van der Waals surface area contributed by atoms with E-state index in [0.29, 0.717) is 0 Å². The van der Waals surface area contributed by atoms with Crippen LogP contribution in [-0.4, -0.2) is 29.5 Å². The van der Waals surface area contributed by atoms with Gasteiger partial charge in [0.2, 0.25) is 0 Å². The zero-order valence-corrected chi connectivity index (χ0v) is 5.04. The highest BCUT2D eigenvalue weighted by Gasteiger charge is 2.03. The molecule has 0 atom stereocenters. The first-order chi connectivity index (χ1) is 3.85. The summed E-state index contributed by atoms with van der Waals surface area (Å²) < 4.78 is 13.8. The molecule has 0 aromatic heterocycles. The van der Waals surface area contributed by atoms with Gasteiger partial charge in [0.25, 0.3) is 0 Å². The van der Waals surface area contributed by atoms with Crippen molar-refractivity contribution >= 4 is 8.69 Å². The van der Waals surface area contributed by atoms with Gasteiger partial charge in [-0.05, 0) is 0 Å². The highest BCUT2D eigenvalue weighted by Crippen LogP contribution is 2.00. The Kier molecular flexibility index (Phi) is 5.11. The van der Waals surface area contributed by atoms with E-state index in [4.69, 9.17) is 10.2 Å². The van der Waals surface area contributed by atoms with E-state index in [0.717, 1.165) is 0 Å². The van der Waals surface area contributed by atoms with Gasteiger partial charge in [-0.2, -0.15) is 0 Å². The Morgan fingerprint density at radius 2 is 2.00 bits per heavy atom. The first-order valence-corrected chi connectivity index (χ1v) is 2.78. The van der Waals surface area contributed by atoms with Gasteiger partial charge in [0.1, 0.15) is 6.10 Å². The number of hydrogen-bond donors (Lipinski definition) is 2. The quantitative estimate of drug-likeness (QED) is 0.517. The molecule has 0 aliphatic rings. The lowest BCUT2D eigenvalue weighted by Crippen LogP contribution is -2.17. The number of aliphatic hydroxyl groups excluding tert-OH is 2. The van der Waals surface area contributed by atoms with Crippen molar-refractivity contribution in [2.24, 2.45) is 0 Å². The maximum absolute atomic E-state index is 9.59. The molecule has 0 saturated carbocycles. The summed E-state index contributed by atoms with van der Waals surface area (Å²) >= 11 is 0. The number of hydrogen-bond acceptors (Lipinski definition) is 4. The van der Waals surface area contributed by atoms with Crippen molar-refractivity contribution in [1.29, 1.82) is 0 Å². The predicted molar refractivity (Wildman–Crippen MR) is 26.7 cm³/mol. The van der Waals surface area contributed by atoms with E-state index < -0.39 is 14.8 Å². The van der Waals surface area contributed by atoms with E-state index in [1.165, 1.54) is 0 Å². The molecule has 0 unspecified atom stereocenters. The predicted octanol–water partition coefficient (Wildman–Crippen LogP) is -0.437. The minimum atomic E-state index is -0.714. The molecule has 0 aliphatic heterocycles. The summed E-state index contributed by atoms with van der Waals surface area (Å²) in [6.07, 6.45) is -0.714. The van der Waals surface area contributed by atoms with Gasteiger partial charge in [0.05, 0.1) is 13.2 Å². The minimum Gasteiger partial charge on any atom is -0.394 e. The van der Waals surface area contributed by atoms with Gasteiger partial charge in [-0.25, -0.2) is 4.57 Å². The second-order valence-corrected chi connectivity index (χ2v) is 1.53. The molecule has 0 aromatic carbocycles. The normalized spacial score (nSPS) is 10.9. The Hall–Kier alpha value is -0.0200. The molecule has 8 heavy (non-hydrogen) atoms. The van der Waals surface area contributed by atoms with Crippen molar-refractivity contribution in [1.82, 2.24) is 0 Å². The molecule has 0 radical (unpaired) electrons. The van der Waals surface area contributed by atoms with Crippen LogP contribution in [0.5, 0.6) is 0 Å². The summed E-state index contributed by atoms with van der Waals surface area (Å²) in [6.45, 7) is -0.628. The summed E-state index contributed by atoms with van der Waals surface area (Å²) in [5, 5.41) is 16.5. The average Bonchev–Trinajstić information content (AvgIpc) is 1.83. The summed E-state index contributed by atoms with van der Waals surface area (Å²) in [5.41, 5.74) is 0. The fourth-order valence-electron chi connectivity index (χ4n) is 0.185. The van der Waals surface area contributed by atoms with Crippen LogP contribution in [-0.2, 0) is 9.09 Å². The third-order valence-electron chi connectivity index (χ3n) is 0.599. The van der Waals surface area contributed by atoms with Gasteiger partial charge in [-0.3, -0.25) is 4.52 Å². The van der Waals surface area contributed by atoms with Gasteiger partial charge < -0.3 is 10.2 Å². The van der Waals surface area contributed by atoms with Crippen LogP contribution in [0.4, 0.5) is 0 Å². The first-order valence-electron chi connectivity index (χ1n) is 2.05. The molecule has 2 N–H and O–H groups in total. The SMILES string of the molecule is O=POC(CO)CO. The molecule has 0 spiro atoms. The molecule has 5 heteroatoms. The molecule has 0 rings (SSSR count). The minimum absolute atomic E-state index is 0.314. The zero-order chi connectivity index (χ0) is 6.41. The van der Waals surface area contributed by atoms with Gasteiger partial charge in [-0.15, -0.1) is 0 Å². The molecule has 0 heterocycles. The summed E-state index contributed by atoms with van der Waals surface area (Å²) in [5.74, 6) is 0. The lowest BCUT2D eigenvalue weighted by Gasteiger charge is -2.02. The molecule has 0 aromatic rings. The summed E-state index contributed by atoms with van der Waals surface area (Å²) in [4.78, 5) is 0. The largest absolute Gasteiger partial charge is 0.394 e. The van der Waals surface area contributed by atoms with Crippen molar-refractivity contribution in [3.8, 4) is 0 Å². The molecule has 0 saturated heterocycles. The lowest BCUT2D eigenvalue weighted by molar-refractivity contribution is 0.0723. The molecular weight excluding hydrogens is 131 g/mol. The van der Waals surface area contributed by atoms with Crippen molar-refractivity contribution < 1.29 is 19.3 Å². The van der Waals surface area contributed by atoms with Gasteiger partial charge in [-0.1, -0.05) is 0 Å². The third kappa shape index (κ3) is 3.04. The highest BCUT2D eigenvalue weighted by molar-refractivity contribution is 7.17. The van der Waals surface area contributed by atoms with Crippen molar-refractivity contribution in [3.05, 3.63) is 0 Å². The van der Waals surface area contributed by atoms with Crippen LogP contribution in [0, 0.1) is 0 Å².